The fourth-order valence-corrected chi connectivity index (χ4v) is 7.84. The molecule has 22 nitrogen and oxygen atoms in total. The number of aromatic amines is 1. The van der Waals surface area contributed by atoms with E-state index in [2.05, 4.69) is 60.6 Å². The topological polar surface area (TPSA) is 260 Å². The van der Waals surface area contributed by atoms with Gasteiger partial charge in [0.2, 0.25) is 17.2 Å². The largest absolute Gasteiger partial charge is 0.486 e. The van der Waals surface area contributed by atoms with Crippen LogP contribution in [0.5, 0.6) is 11.5 Å². The third kappa shape index (κ3) is 8.67. The van der Waals surface area contributed by atoms with Crippen LogP contribution in [0.4, 0.5) is 23.5 Å². The number of anilines is 4. The number of morpholine rings is 2. The van der Waals surface area contributed by atoms with Crippen LogP contribution in [0, 0.1) is 0 Å². The zero-order valence-corrected chi connectivity index (χ0v) is 37.0. The summed E-state index contributed by atoms with van der Waals surface area (Å²) in [6.45, 7) is 13.4. The van der Waals surface area contributed by atoms with Gasteiger partial charge in [0.25, 0.3) is 5.95 Å². The monoisotopic (exact) mass is 882 g/mol. The third-order valence-corrected chi connectivity index (χ3v) is 14.9. The molecule has 2 fully saturated rings. The molecule has 4 atom stereocenters. The van der Waals surface area contributed by atoms with E-state index in [0.29, 0.717) is 86.1 Å². The average molecular weight is 883 g/mol. The number of nitrogens with one attached hydrogen (secondary N) is 3. The lowest BCUT2D eigenvalue weighted by Gasteiger charge is -2.45. The zero-order chi connectivity index (χ0) is 43.1. The van der Waals surface area contributed by atoms with E-state index in [0.717, 1.165) is 0 Å². The minimum absolute atomic E-state index is 0.00758. The summed E-state index contributed by atoms with van der Waals surface area (Å²) < 4.78 is 71.5. The fraction of sp³-hybridized carbons (Fsp3) is 0.647. The smallest absolute Gasteiger partial charge is 0.254 e. The van der Waals surface area contributed by atoms with Crippen LogP contribution in [0.3, 0.4) is 0 Å². The minimum Gasteiger partial charge on any atom is -0.486 e. The molecular weight excluding hydrogens is 832 g/mol. The molecule has 0 amide bonds. The summed E-state index contributed by atoms with van der Waals surface area (Å²) >= 11 is 6.09. The Kier molecular flexibility index (Phi) is 12.5. The van der Waals surface area contributed by atoms with Gasteiger partial charge in [0.1, 0.15) is 46.8 Å². The van der Waals surface area contributed by atoms with Crippen molar-refractivity contribution in [1.82, 2.24) is 49.9 Å². The number of H-pyrrole nitrogens is 1. The Morgan fingerprint density at radius 3 is 1.71 bits per heavy atom. The molecule has 0 spiro atoms. The van der Waals surface area contributed by atoms with Crippen molar-refractivity contribution in [3.05, 3.63) is 29.3 Å². The molecular formula is C34H51ClN14O8S2. The molecule has 0 aliphatic carbocycles. The molecule has 4 aliphatic rings. The van der Waals surface area contributed by atoms with Gasteiger partial charge in [-0.2, -0.15) is 24.7 Å². The molecule has 4 aromatic rings. The molecule has 59 heavy (non-hydrogen) atoms. The number of halogens is 1. The van der Waals surface area contributed by atoms with Crippen molar-refractivity contribution in [2.24, 2.45) is 0 Å². The molecule has 8 heterocycles. The number of aromatic nitrogens is 10. The maximum atomic E-state index is 12.6. The van der Waals surface area contributed by atoms with E-state index in [9.17, 15) is 16.8 Å². The highest BCUT2D eigenvalue weighted by Gasteiger charge is 2.45. The first-order valence-corrected chi connectivity index (χ1v) is 22.9. The molecule has 0 unspecified atom stereocenters. The minimum atomic E-state index is -3.50. The van der Waals surface area contributed by atoms with E-state index in [-0.39, 0.29) is 35.4 Å². The first-order chi connectivity index (χ1) is 27.7. The summed E-state index contributed by atoms with van der Waals surface area (Å²) in [6, 6.07) is 0.173. The van der Waals surface area contributed by atoms with E-state index in [1.807, 2.05) is 13.8 Å². The molecule has 0 radical (unpaired) electrons. The predicted octanol–water partition coefficient (Wildman–Crippen LogP) is 1.61. The molecule has 3 N–H and O–H groups in total. The van der Waals surface area contributed by atoms with Gasteiger partial charge in [-0.1, -0.05) is 0 Å². The van der Waals surface area contributed by atoms with Gasteiger partial charge in [0.15, 0.2) is 42.8 Å². The van der Waals surface area contributed by atoms with Crippen LogP contribution in [0.15, 0.2) is 12.7 Å². The van der Waals surface area contributed by atoms with Crippen molar-refractivity contribution < 1.29 is 35.8 Å². The molecule has 0 saturated carbocycles. The summed E-state index contributed by atoms with van der Waals surface area (Å²) in [5, 5.41) is 16.1. The first kappa shape index (κ1) is 43.9. The number of hydrogen-bond donors (Lipinski definition) is 3. The molecule has 324 valence electrons. The van der Waals surface area contributed by atoms with Crippen LogP contribution in [-0.4, -0.2) is 157 Å². The third-order valence-electron chi connectivity index (χ3n) is 10.6. The van der Waals surface area contributed by atoms with Gasteiger partial charge in [0.05, 0.1) is 50.6 Å². The zero-order valence-electron chi connectivity index (χ0n) is 34.6. The highest BCUT2D eigenvalue weighted by atomic mass is 35.5. The molecule has 8 rings (SSSR count). The van der Waals surface area contributed by atoms with E-state index < -0.39 is 29.2 Å². The second kappa shape index (κ2) is 16.8. The Bertz CT molecular complexity index is 2350. The highest BCUT2D eigenvalue weighted by molar-refractivity contribution is 7.91. The van der Waals surface area contributed by atoms with Crippen LogP contribution in [0.1, 0.15) is 52.9 Å². The lowest BCUT2D eigenvalue weighted by atomic mass is 10.0. The molecule has 2 saturated heterocycles. The standard InChI is InChI=1S/C17H25N7O4S.C14H20ClN3O4S.C3H6N4/c1-10-6-27-7-11-8-28-12-13(17(2,3)29(5,25)26)20-16(21-14(12)24(10)11)23-9-19-15(18-4)22-23;1-8-5-21-6-9-7-22-10-11(14(2,3)23(4,19)20)16-13(15)17-12(10)18(8)9;1-4-3-5-2-6-7-3/h9-11H,6-8H2,1-5H3,(H,18,22);8-9H,5-7H2,1-4H3;2H,1H3,(H2,4,5,6,7)/t10-,11+;8-,9+;/m11./s1. The van der Waals surface area contributed by atoms with Gasteiger partial charge >= 0.3 is 0 Å². The number of ether oxygens (including phenoxy) is 4. The summed E-state index contributed by atoms with van der Waals surface area (Å²) in [7, 11) is -3.44. The Morgan fingerprint density at radius 2 is 1.27 bits per heavy atom. The SMILES string of the molecule is CNc1ncn(-c2nc3c(c(C(C)(C)S(C)(=O)=O)n2)OC[C@@H]2COC[C@@H](C)N32)n1.CNc1ncn[nH]1.C[C@@H]1COC[C@H]2COc3c(nc(Cl)nc3C(C)(C)S(C)(=O)=O)N21. The van der Waals surface area contributed by atoms with Crippen molar-refractivity contribution in [2.45, 2.75) is 75.2 Å². The molecule has 25 heteroatoms. The molecule has 0 bridgehead atoms. The summed E-state index contributed by atoms with van der Waals surface area (Å²) in [4.78, 5) is 29.9. The Labute approximate surface area is 348 Å². The Balaban J connectivity index is 0.000000173. The second-order valence-corrected chi connectivity index (χ2v) is 20.9. The van der Waals surface area contributed by atoms with Gasteiger partial charge in [-0.25, -0.2) is 36.9 Å². The Hall–Kier alpha value is -4.65. The highest BCUT2D eigenvalue weighted by Crippen LogP contribution is 2.45. The van der Waals surface area contributed by atoms with Gasteiger partial charge < -0.3 is 39.4 Å². The number of sulfone groups is 2. The maximum Gasteiger partial charge on any atom is 0.254 e. The van der Waals surface area contributed by atoms with Crippen LogP contribution >= 0.6 is 11.6 Å². The summed E-state index contributed by atoms with van der Waals surface area (Å²) in [5.41, 5.74) is 0.603. The average Bonchev–Trinajstić information content (AvgIpc) is 3.90. The van der Waals surface area contributed by atoms with Crippen LogP contribution < -0.4 is 29.9 Å². The van der Waals surface area contributed by atoms with Crippen molar-refractivity contribution >= 4 is 54.8 Å². The summed E-state index contributed by atoms with van der Waals surface area (Å²) in [6.07, 6.45) is 5.30. The Morgan fingerprint density at radius 1 is 0.746 bits per heavy atom. The molecule has 0 aromatic carbocycles. The second-order valence-electron chi connectivity index (χ2n) is 15.4. The quantitative estimate of drug-likeness (QED) is 0.223. The fourth-order valence-electron chi connectivity index (χ4n) is 6.69. The van der Waals surface area contributed by atoms with Crippen LogP contribution in [0.2, 0.25) is 5.28 Å². The van der Waals surface area contributed by atoms with Crippen molar-refractivity contribution in [3.63, 3.8) is 0 Å². The van der Waals surface area contributed by atoms with Crippen LogP contribution in [-0.2, 0) is 38.6 Å². The van der Waals surface area contributed by atoms with Gasteiger partial charge in [-0.3, -0.25) is 0 Å². The van der Waals surface area contributed by atoms with E-state index >= 15 is 0 Å². The number of nitrogens with zero attached hydrogens (tertiary/aromatic N) is 11. The van der Waals surface area contributed by atoms with Crippen LogP contribution in [0.25, 0.3) is 5.95 Å². The van der Waals surface area contributed by atoms with Gasteiger partial charge in [-0.05, 0) is 53.1 Å². The maximum absolute atomic E-state index is 12.6. The predicted molar refractivity (Wildman–Crippen MR) is 219 cm³/mol. The van der Waals surface area contributed by atoms with Crippen molar-refractivity contribution in [1.29, 1.82) is 0 Å². The lowest BCUT2D eigenvalue weighted by Crippen LogP contribution is -2.56. The lowest BCUT2D eigenvalue weighted by molar-refractivity contribution is 0.0481. The van der Waals surface area contributed by atoms with Crippen molar-refractivity contribution in [2.75, 3.05) is 86.7 Å². The molecule has 4 aromatic heterocycles. The molecule has 4 aliphatic heterocycles. The van der Waals surface area contributed by atoms with Gasteiger partial charge in [-0.15, -0.1) is 5.10 Å². The first-order valence-electron chi connectivity index (χ1n) is 18.7. The van der Waals surface area contributed by atoms with E-state index in [1.54, 1.807) is 41.8 Å². The number of hydrogen-bond acceptors (Lipinski definition) is 20. The van der Waals surface area contributed by atoms with Gasteiger partial charge in [0, 0.05) is 26.6 Å². The normalized spacial score (nSPS) is 21.4. The van der Waals surface area contributed by atoms with E-state index in [1.165, 1.54) is 29.8 Å². The number of fused-ring (bicyclic) bond motifs is 6. The number of rotatable bonds is 7. The summed E-state index contributed by atoms with van der Waals surface area (Å²) in [5.74, 6) is 3.22. The van der Waals surface area contributed by atoms with Crippen molar-refractivity contribution in [3.8, 4) is 17.4 Å². The van der Waals surface area contributed by atoms with E-state index in [4.69, 9.17) is 35.5 Å².